The standard InChI is InChI=1S/C21H22N4O2S/c26-19(23-24-20(27)15-6-2-1-3-7-15)14-25-12-10-16(11-13-25)21-22-17-8-4-5-9-18(17)28-21/h1-9,16H,10-14H2,(H,23,26)(H,24,27). The Bertz CT molecular complexity index is 932. The molecule has 2 aromatic carbocycles. The van der Waals surface area contributed by atoms with Crippen LogP contribution in [0.2, 0.25) is 0 Å². The number of para-hydroxylation sites is 1. The van der Waals surface area contributed by atoms with Crippen LogP contribution in [-0.4, -0.2) is 41.3 Å². The van der Waals surface area contributed by atoms with Crippen LogP contribution >= 0.6 is 11.3 Å². The summed E-state index contributed by atoms with van der Waals surface area (Å²) < 4.78 is 1.23. The number of rotatable bonds is 4. The topological polar surface area (TPSA) is 74.3 Å². The van der Waals surface area contributed by atoms with E-state index >= 15 is 0 Å². The van der Waals surface area contributed by atoms with Crippen molar-refractivity contribution in [3.05, 3.63) is 65.2 Å². The molecule has 1 aliphatic heterocycles. The number of hydrogen-bond donors (Lipinski definition) is 2. The molecule has 0 saturated carbocycles. The highest BCUT2D eigenvalue weighted by Crippen LogP contribution is 2.33. The fourth-order valence-corrected chi connectivity index (χ4v) is 4.57. The minimum Gasteiger partial charge on any atom is -0.294 e. The molecule has 0 unspecified atom stereocenters. The maximum absolute atomic E-state index is 12.1. The minimum atomic E-state index is -0.316. The highest BCUT2D eigenvalue weighted by atomic mass is 32.1. The predicted octanol–water partition coefficient (Wildman–Crippen LogP) is 2.94. The number of carbonyl (C=O) groups excluding carboxylic acids is 2. The van der Waals surface area contributed by atoms with Crippen molar-refractivity contribution in [3.63, 3.8) is 0 Å². The average Bonchev–Trinajstić information content (AvgIpc) is 3.17. The fraction of sp³-hybridized carbons (Fsp3) is 0.286. The first-order chi connectivity index (χ1) is 13.7. The van der Waals surface area contributed by atoms with Gasteiger partial charge in [0.25, 0.3) is 11.8 Å². The Labute approximate surface area is 167 Å². The molecule has 1 fully saturated rings. The van der Waals surface area contributed by atoms with Crippen LogP contribution in [0.4, 0.5) is 0 Å². The molecule has 0 spiro atoms. The van der Waals surface area contributed by atoms with Gasteiger partial charge in [-0.2, -0.15) is 0 Å². The second-order valence-corrected chi connectivity index (χ2v) is 8.00. The lowest BCUT2D eigenvalue weighted by Crippen LogP contribution is -2.47. The summed E-state index contributed by atoms with van der Waals surface area (Å²) in [5, 5.41) is 1.19. The lowest BCUT2D eigenvalue weighted by atomic mass is 9.97. The van der Waals surface area contributed by atoms with Crippen molar-refractivity contribution in [1.29, 1.82) is 0 Å². The van der Waals surface area contributed by atoms with E-state index in [9.17, 15) is 9.59 Å². The summed E-state index contributed by atoms with van der Waals surface area (Å²) in [6.45, 7) is 1.98. The van der Waals surface area contributed by atoms with Crippen LogP contribution in [0, 0.1) is 0 Å². The number of amides is 2. The van der Waals surface area contributed by atoms with Gasteiger partial charge in [0.15, 0.2) is 0 Å². The molecule has 144 valence electrons. The molecule has 3 aromatic rings. The number of nitrogens with one attached hydrogen (secondary N) is 2. The monoisotopic (exact) mass is 394 g/mol. The summed E-state index contributed by atoms with van der Waals surface area (Å²) in [4.78, 5) is 31.0. The normalized spacial score (nSPS) is 15.4. The molecule has 7 heteroatoms. The van der Waals surface area contributed by atoms with Crippen molar-refractivity contribution in [1.82, 2.24) is 20.7 Å². The van der Waals surface area contributed by atoms with Crippen molar-refractivity contribution in [2.45, 2.75) is 18.8 Å². The molecule has 0 atom stereocenters. The Kier molecular flexibility index (Phi) is 5.64. The zero-order chi connectivity index (χ0) is 19.3. The van der Waals surface area contributed by atoms with Gasteiger partial charge in [0.1, 0.15) is 0 Å². The number of thiazole rings is 1. The highest BCUT2D eigenvalue weighted by Gasteiger charge is 2.24. The third kappa shape index (κ3) is 4.37. The molecule has 2 amide bonds. The fourth-order valence-electron chi connectivity index (χ4n) is 3.43. The van der Waals surface area contributed by atoms with E-state index < -0.39 is 0 Å². The number of nitrogens with zero attached hydrogens (tertiary/aromatic N) is 2. The van der Waals surface area contributed by atoms with E-state index in [1.54, 1.807) is 35.6 Å². The van der Waals surface area contributed by atoms with Gasteiger partial charge in [-0.3, -0.25) is 25.3 Å². The molecule has 28 heavy (non-hydrogen) atoms. The van der Waals surface area contributed by atoms with E-state index in [1.807, 2.05) is 18.2 Å². The predicted molar refractivity (Wildman–Crippen MR) is 110 cm³/mol. The molecule has 4 rings (SSSR count). The van der Waals surface area contributed by atoms with Crippen molar-refractivity contribution in [2.75, 3.05) is 19.6 Å². The lowest BCUT2D eigenvalue weighted by Gasteiger charge is -2.30. The quantitative estimate of drug-likeness (QED) is 0.668. The molecule has 6 nitrogen and oxygen atoms in total. The number of hydrogen-bond acceptors (Lipinski definition) is 5. The Morgan fingerprint density at radius 2 is 1.71 bits per heavy atom. The van der Waals surface area contributed by atoms with Gasteiger partial charge >= 0.3 is 0 Å². The molecule has 1 aromatic heterocycles. The first-order valence-electron chi connectivity index (χ1n) is 9.41. The Hall–Kier alpha value is -2.77. The van der Waals surface area contributed by atoms with E-state index in [0.29, 0.717) is 11.5 Å². The Morgan fingerprint density at radius 1 is 1.00 bits per heavy atom. The van der Waals surface area contributed by atoms with E-state index in [1.165, 1.54) is 9.71 Å². The van der Waals surface area contributed by atoms with E-state index in [4.69, 9.17) is 4.98 Å². The molecule has 0 radical (unpaired) electrons. The van der Waals surface area contributed by atoms with Gasteiger partial charge in [-0.15, -0.1) is 11.3 Å². The number of hydrazine groups is 1. The number of aromatic nitrogens is 1. The number of carbonyl (C=O) groups is 2. The van der Waals surface area contributed by atoms with Crippen molar-refractivity contribution in [3.8, 4) is 0 Å². The number of piperidine rings is 1. The number of benzene rings is 2. The Balaban J connectivity index is 1.24. The lowest BCUT2D eigenvalue weighted by molar-refractivity contribution is -0.123. The summed E-state index contributed by atoms with van der Waals surface area (Å²) in [6, 6.07) is 17.0. The molecule has 1 aliphatic rings. The molecular weight excluding hydrogens is 372 g/mol. The largest absolute Gasteiger partial charge is 0.294 e. The van der Waals surface area contributed by atoms with Crippen LogP contribution in [0.5, 0.6) is 0 Å². The van der Waals surface area contributed by atoms with E-state index in [2.05, 4.69) is 27.9 Å². The summed E-state index contributed by atoms with van der Waals surface area (Å²) >= 11 is 1.77. The van der Waals surface area contributed by atoms with Crippen LogP contribution in [0.15, 0.2) is 54.6 Å². The van der Waals surface area contributed by atoms with Crippen molar-refractivity contribution >= 4 is 33.4 Å². The SMILES string of the molecule is O=C(CN1CCC(c2nc3ccccc3s2)CC1)NNC(=O)c1ccccc1. The zero-order valence-electron chi connectivity index (χ0n) is 15.4. The van der Waals surface area contributed by atoms with Crippen LogP contribution < -0.4 is 10.9 Å². The zero-order valence-corrected chi connectivity index (χ0v) is 16.2. The maximum Gasteiger partial charge on any atom is 0.269 e. The summed E-state index contributed by atoms with van der Waals surface area (Å²) in [5.74, 6) is -0.0688. The third-order valence-corrected chi connectivity index (χ3v) is 6.16. The summed E-state index contributed by atoms with van der Waals surface area (Å²) in [5.41, 5.74) is 6.54. The van der Waals surface area contributed by atoms with Gasteiger partial charge in [0, 0.05) is 11.5 Å². The van der Waals surface area contributed by atoms with Gasteiger partial charge in [0.05, 0.1) is 21.8 Å². The van der Waals surface area contributed by atoms with E-state index in [0.717, 1.165) is 31.4 Å². The first kappa shape index (κ1) is 18.6. The molecule has 2 heterocycles. The van der Waals surface area contributed by atoms with Gasteiger partial charge in [0.2, 0.25) is 0 Å². The number of likely N-dealkylation sites (tertiary alicyclic amines) is 1. The van der Waals surface area contributed by atoms with Crippen LogP contribution in [0.1, 0.15) is 34.1 Å². The molecule has 0 bridgehead atoms. The van der Waals surface area contributed by atoms with Gasteiger partial charge in [-0.05, 0) is 50.2 Å². The second kappa shape index (κ2) is 8.50. The Morgan fingerprint density at radius 3 is 2.46 bits per heavy atom. The van der Waals surface area contributed by atoms with Crippen LogP contribution in [0.25, 0.3) is 10.2 Å². The van der Waals surface area contributed by atoms with Crippen LogP contribution in [0.3, 0.4) is 0 Å². The van der Waals surface area contributed by atoms with Crippen LogP contribution in [-0.2, 0) is 4.79 Å². The molecule has 1 saturated heterocycles. The molecule has 0 aliphatic carbocycles. The second-order valence-electron chi connectivity index (χ2n) is 6.94. The van der Waals surface area contributed by atoms with Crippen molar-refractivity contribution < 1.29 is 9.59 Å². The maximum atomic E-state index is 12.1. The average molecular weight is 395 g/mol. The first-order valence-corrected chi connectivity index (χ1v) is 10.2. The van der Waals surface area contributed by atoms with Gasteiger partial charge in [-0.1, -0.05) is 30.3 Å². The molecular formula is C21H22N4O2S. The summed E-state index contributed by atoms with van der Waals surface area (Å²) in [6.07, 6.45) is 1.98. The smallest absolute Gasteiger partial charge is 0.269 e. The third-order valence-electron chi connectivity index (χ3n) is 4.97. The highest BCUT2D eigenvalue weighted by molar-refractivity contribution is 7.18. The van der Waals surface area contributed by atoms with Gasteiger partial charge in [-0.25, -0.2) is 4.98 Å². The molecule has 2 N–H and O–H groups in total. The van der Waals surface area contributed by atoms with Gasteiger partial charge < -0.3 is 0 Å². The van der Waals surface area contributed by atoms with Crippen molar-refractivity contribution in [2.24, 2.45) is 0 Å². The summed E-state index contributed by atoms with van der Waals surface area (Å²) in [7, 11) is 0. The van der Waals surface area contributed by atoms with E-state index in [-0.39, 0.29) is 18.4 Å². The number of fused-ring (bicyclic) bond motifs is 1. The minimum absolute atomic E-state index is 0.206.